The van der Waals surface area contributed by atoms with Crippen LogP contribution in [0.25, 0.3) is 5.57 Å². The van der Waals surface area contributed by atoms with E-state index in [1.807, 2.05) is 0 Å². The zero-order valence-corrected chi connectivity index (χ0v) is 12.9. The number of anilines is 1. The molecule has 0 atom stereocenters. The lowest BCUT2D eigenvalue weighted by atomic mass is 9.99. The van der Waals surface area contributed by atoms with E-state index in [1.165, 1.54) is 22.5 Å². The summed E-state index contributed by atoms with van der Waals surface area (Å²) in [6.07, 6.45) is 5.58. The van der Waals surface area contributed by atoms with Gasteiger partial charge in [0.1, 0.15) is 5.01 Å². The van der Waals surface area contributed by atoms with Crippen molar-refractivity contribution in [3.05, 3.63) is 47.0 Å². The van der Waals surface area contributed by atoms with Crippen LogP contribution >= 0.6 is 11.3 Å². The molecule has 0 unspecified atom stereocenters. The summed E-state index contributed by atoms with van der Waals surface area (Å²) in [5.74, 6) is 0. The van der Waals surface area contributed by atoms with E-state index in [2.05, 4.69) is 51.5 Å². The van der Waals surface area contributed by atoms with Crippen LogP contribution in [-0.2, 0) is 6.42 Å². The van der Waals surface area contributed by atoms with Gasteiger partial charge in [-0.1, -0.05) is 47.7 Å². The maximum Gasteiger partial charge on any atom is 0.203 e. The molecule has 1 aromatic carbocycles. The Morgan fingerprint density at radius 3 is 2.71 bits per heavy atom. The van der Waals surface area contributed by atoms with Crippen molar-refractivity contribution >= 4 is 22.0 Å². The maximum atomic E-state index is 5.59. The zero-order chi connectivity index (χ0) is 14.5. The fraction of sp³-hybridized carbons (Fsp3) is 0.375. The third-order valence-electron chi connectivity index (χ3n) is 3.79. The van der Waals surface area contributed by atoms with Crippen molar-refractivity contribution in [1.29, 1.82) is 0 Å². The van der Waals surface area contributed by atoms with Crippen molar-refractivity contribution in [2.24, 2.45) is 0 Å². The minimum absolute atomic E-state index is 0.568. The van der Waals surface area contributed by atoms with Gasteiger partial charge < -0.3 is 5.73 Å². The van der Waals surface area contributed by atoms with Crippen molar-refractivity contribution < 1.29 is 0 Å². The van der Waals surface area contributed by atoms with Gasteiger partial charge in [-0.15, -0.1) is 10.2 Å². The topological polar surface area (TPSA) is 55.0 Å². The number of rotatable bonds is 5. The standard InChI is InChI=1S/C16H20N4S/c17-16-19-18-15(21-16)7-4-10-20-11-8-14(9-12-20)13-5-2-1-3-6-13/h1-3,5-6,8H,4,7,9-12H2,(H2,17,19). The SMILES string of the molecule is Nc1nnc(CCCN2CC=C(c3ccccc3)CC2)s1. The molecule has 0 fully saturated rings. The van der Waals surface area contributed by atoms with Gasteiger partial charge in [-0.3, -0.25) is 4.90 Å². The van der Waals surface area contributed by atoms with Crippen LogP contribution in [0.3, 0.4) is 0 Å². The molecule has 3 rings (SSSR count). The van der Waals surface area contributed by atoms with Crippen LogP contribution in [0.15, 0.2) is 36.4 Å². The summed E-state index contributed by atoms with van der Waals surface area (Å²) in [4.78, 5) is 2.50. The third-order valence-corrected chi connectivity index (χ3v) is 4.60. The second-order valence-corrected chi connectivity index (χ2v) is 6.38. The fourth-order valence-corrected chi connectivity index (χ4v) is 3.30. The number of aryl methyl sites for hydroxylation is 1. The van der Waals surface area contributed by atoms with E-state index in [-0.39, 0.29) is 0 Å². The van der Waals surface area contributed by atoms with Crippen molar-refractivity contribution in [3.63, 3.8) is 0 Å². The number of nitrogens with two attached hydrogens (primary N) is 1. The van der Waals surface area contributed by atoms with Crippen LogP contribution in [-0.4, -0.2) is 34.7 Å². The van der Waals surface area contributed by atoms with Crippen LogP contribution in [0, 0.1) is 0 Å². The third kappa shape index (κ3) is 3.89. The number of nitrogens with zero attached hydrogens (tertiary/aromatic N) is 3. The lowest BCUT2D eigenvalue weighted by molar-refractivity contribution is 0.298. The molecule has 0 bridgehead atoms. The van der Waals surface area contributed by atoms with Gasteiger partial charge in [-0.2, -0.15) is 0 Å². The van der Waals surface area contributed by atoms with Crippen molar-refractivity contribution in [1.82, 2.24) is 15.1 Å². The molecule has 4 nitrogen and oxygen atoms in total. The normalized spacial score (nSPS) is 15.9. The molecule has 0 saturated carbocycles. The van der Waals surface area contributed by atoms with E-state index in [0.717, 1.165) is 43.9 Å². The first-order chi connectivity index (χ1) is 10.3. The minimum atomic E-state index is 0.568. The summed E-state index contributed by atoms with van der Waals surface area (Å²) in [6, 6.07) is 10.7. The Morgan fingerprint density at radius 2 is 2.05 bits per heavy atom. The predicted octanol–water partition coefficient (Wildman–Crippen LogP) is 2.84. The molecule has 0 amide bonds. The van der Waals surface area contributed by atoms with E-state index in [1.54, 1.807) is 0 Å². The first kappa shape index (κ1) is 14.2. The molecular formula is C16H20N4S. The fourth-order valence-electron chi connectivity index (χ4n) is 2.65. The zero-order valence-electron chi connectivity index (χ0n) is 12.0. The summed E-state index contributed by atoms with van der Waals surface area (Å²) in [5.41, 5.74) is 8.43. The Bertz CT molecular complexity index is 606. The monoisotopic (exact) mass is 300 g/mol. The Balaban J connectivity index is 1.46. The van der Waals surface area contributed by atoms with Crippen LogP contribution in [0.4, 0.5) is 5.13 Å². The number of nitrogen functional groups attached to an aromatic ring is 1. The highest BCUT2D eigenvalue weighted by Crippen LogP contribution is 2.22. The van der Waals surface area contributed by atoms with Crippen molar-refractivity contribution in [2.75, 3.05) is 25.4 Å². The Labute approximate surface area is 129 Å². The predicted molar refractivity (Wildman–Crippen MR) is 88.1 cm³/mol. The highest BCUT2D eigenvalue weighted by molar-refractivity contribution is 7.15. The molecule has 0 spiro atoms. The maximum absolute atomic E-state index is 5.59. The van der Waals surface area contributed by atoms with Crippen LogP contribution in [0.5, 0.6) is 0 Å². The molecule has 2 heterocycles. The van der Waals surface area contributed by atoms with E-state index in [0.29, 0.717) is 5.13 Å². The molecule has 1 aliphatic heterocycles. The summed E-state index contributed by atoms with van der Waals surface area (Å²) in [7, 11) is 0. The van der Waals surface area contributed by atoms with E-state index < -0.39 is 0 Å². The van der Waals surface area contributed by atoms with Gasteiger partial charge in [0.05, 0.1) is 0 Å². The van der Waals surface area contributed by atoms with Crippen LogP contribution in [0.1, 0.15) is 23.4 Å². The van der Waals surface area contributed by atoms with Gasteiger partial charge in [0.2, 0.25) is 5.13 Å². The number of benzene rings is 1. The van der Waals surface area contributed by atoms with E-state index >= 15 is 0 Å². The van der Waals surface area contributed by atoms with Crippen LogP contribution < -0.4 is 5.73 Å². The smallest absolute Gasteiger partial charge is 0.203 e. The molecular weight excluding hydrogens is 280 g/mol. The van der Waals surface area contributed by atoms with E-state index in [4.69, 9.17) is 5.73 Å². The lowest BCUT2D eigenvalue weighted by Crippen LogP contribution is -2.29. The highest BCUT2D eigenvalue weighted by atomic mass is 32.1. The van der Waals surface area contributed by atoms with Gasteiger partial charge in [-0.25, -0.2) is 0 Å². The Hall–Kier alpha value is -1.72. The largest absolute Gasteiger partial charge is 0.374 e. The Kier molecular flexibility index (Phi) is 4.62. The van der Waals surface area contributed by atoms with Gasteiger partial charge in [0.25, 0.3) is 0 Å². The average Bonchev–Trinajstić information content (AvgIpc) is 2.94. The average molecular weight is 300 g/mol. The van der Waals surface area contributed by atoms with Crippen molar-refractivity contribution in [2.45, 2.75) is 19.3 Å². The van der Waals surface area contributed by atoms with Gasteiger partial charge in [0.15, 0.2) is 0 Å². The molecule has 0 saturated heterocycles. The summed E-state index contributed by atoms with van der Waals surface area (Å²) < 4.78 is 0. The number of hydrogen-bond acceptors (Lipinski definition) is 5. The molecule has 0 aliphatic carbocycles. The summed E-state index contributed by atoms with van der Waals surface area (Å²) in [6.45, 7) is 3.29. The molecule has 2 aromatic rings. The second-order valence-electron chi connectivity index (χ2n) is 5.28. The van der Waals surface area contributed by atoms with Crippen molar-refractivity contribution in [3.8, 4) is 0 Å². The number of aromatic nitrogens is 2. The lowest BCUT2D eigenvalue weighted by Gasteiger charge is -2.26. The molecule has 5 heteroatoms. The summed E-state index contributed by atoms with van der Waals surface area (Å²) >= 11 is 1.50. The molecule has 1 aromatic heterocycles. The van der Waals surface area contributed by atoms with Gasteiger partial charge >= 0.3 is 0 Å². The summed E-state index contributed by atoms with van der Waals surface area (Å²) in [5, 5.41) is 9.53. The first-order valence-corrected chi connectivity index (χ1v) is 8.17. The quantitative estimate of drug-likeness (QED) is 0.922. The van der Waals surface area contributed by atoms with Gasteiger partial charge in [0, 0.05) is 19.5 Å². The molecule has 1 aliphatic rings. The molecule has 21 heavy (non-hydrogen) atoms. The molecule has 0 radical (unpaired) electrons. The number of hydrogen-bond donors (Lipinski definition) is 1. The van der Waals surface area contributed by atoms with Gasteiger partial charge in [-0.05, 0) is 30.5 Å². The van der Waals surface area contributed by atoms with Crippen LogP contribution in [0.2, 0.25) is 0 Å². The second kappa shape index (κ2) is 6.83. The molecule has 110 valence electrons. The molecule has 2 N–H and O–H groups in total. The minimum Gasteiger partial charge on any atom is -0.374 e. The Morgan fingerprint density at radius 1 is 1.19 bits per heavy atom. The van der Waals surface area contributed by atoms with E-state index in [9.17, 15) is 0 Å². The first-order valence-electron chi connectivity index (χ1n) is 7.36. The highest BCUT2D eigenvalue weighted by Gasteiger charge is 2.12.